The first kappa shape index (κ1) is 9.48. The Kier molecular flexibility index (Phi) is 2.82. The van der Waals surface area contributed by atoms with Crippen LogP contribution in [-0.2, 0) is 0 Å². The van der Waals surface area contributed by atoms with Crippen LogP contribution in [0.25, 0.3) is 0 Å². The third-order valence-corrected chi connectivity index (χ3v) is 1.70. The Balaban J connectivity index is 3.32. The number of hydrogen-bond donors (Lipinski definition) is 3. The number of nitrogens with one attached hydrogen (secondary N) is 2. The average Bonchev–Trinajstić information content (AvgIpc) is 2.04. The number of aromatic nitrogens is 2. The van der Waals surface area contributed by atoms with Gasteiger partial charge in [-0.05, 0) is 6.92 Å². The van der Waals surface area contributed by atoms with Gasteiger partial charge in [0.15, 0.2) is 10.6 Å². The molecule has 0 amide bonds. The second kappa shape index (κ2) is 3.87. The van der Waals surface area contributed by atoms with Crippen molar-refractivity contribution in [3.8, 4) is 6.07 Å². The van der Waals surface area contributed by atoms with Gasteiger partial charge in [-0.1, -0.05) is 12.2 Å². The monoisotopic (exact) mass is 195 g/mol. The van der Waals surface area contributed by atoms with Crippen molar-refractivity contribution in [1.29, 1.82) is 5.26 Å². The summed E-state index contributed by atoms with van der Waals surface area (Å²) in [6, 6.07) is 1.96. The van der Waals surface area contributed by atoms with Crippen LogP contribution in [0.4, 0.5) is 11.8 Å². The van der Waals surface area contributed by atoms with Crippen molar-refractivity contribution >= 4 is 24.0 Å². The van der Waals surface area contributed by atoms with Crippen molar-refractivity contribution in [2.24, 2.45) is 0 Å². The molecule has 6 heteroatoms. The summed E-state index contributed by atoms with van der Waals surface area (Å²) in [4.78, 5) is 6.50. The van der Waals surface area contributed by atoms with Gasteiger partial charge >= 0.3 is 0 Å². The number of aromatic amines is 1. The molecule has 0 fully saturated rings. The molecule has 1 heterocycles. The molecular formula is C7H9N5S. The largest absolute Gasteiger partial charge is 0.371 e. The van der Waals surface area contributed by atoms with Gasteiger partial charge in [0, 0.05) is 6.54 Å². The minimum Gasteiger partial charge on any atom is -0.371 e. The van der Waals surface area contributed by atoms with Crippen LogP contribution in [0.15, 0.2) is 0 Å². The SMILES string of the molecule is CCNc1[nH]c(N)nc(=S)c1C#N. The fraction of sp³-hybridized carbons (Fsp3) is 0.286. The molecule has 1 rings (SSSR count). The number of nitriles is 1. The van der Waals surface area contributed by atoms with E-state index in [4.69, 9.17) is 23.2 Å². The number of nitrogen functional groups attached to an aromatic ring is 1. The van der Waals surface area contributed by atoms with Gasteiger partial charge < -0.3 is 16.0 Å². The Morgan fingerprint density at radius 2 is 2.46 bits per heavy atom. The zero-order valence-electron chi connectivity index (χ0n) is 7.09. The Morgan fingerprint density at radius 3 is 3.00 bits per heavy atom. The molecular weight excluding hydrogens is 186 g/mol. The second-order valence-corrected chi connectivity index (χ2v) is 2.71. The number of anilines is 2. The van der Waals surface area contributed by atoms with Crippen LogP contribution in [-0.4, -0.2) is 16.5 Å². The van der Waals surface area contributed by atoms with Gasteiger partial charge in [0.05, 0.1) is 0 Å². The van der Waals surface area contributed by atoms with Crippen molar-refractivity contribution < 1.29 is 0 Å². The van der Waals surface area contributed by atoms with Crippen molar-refractivity contribution in [2.75, 3.05) is 17.6 Å². The lowest BCUT2D eigenvalue weighted by atomic mass is 10.3. The Hall–Kier alpha value is -1.61. The van der Waals surface area contributed by atoms with Crippen LogP contribution in [0.1, 0.15) is 12.5 Å². The Labute approximate surface area is 80.6 Å². The summed E-state index contributed by atoms with van der Waals surface area (Å²) in [6.45, 7) is 2.60. The van der Waals surface area contributed by atoms with Crippen molar-refractivity contribution in [3.05, 3.63) is 10.2 Å². The van der Waals surface area contributed by atoms with E-state index in [1.165, 1.54) is 0 Å². The van der Waals surface area contributed by atoms with Crippen molar-refractivity contribution in [2.45, 2.75) is 6.92 Å². The smallest absolute Gasteiger partial charge is 0.200 e. The van der Waals surface area contributed by atoms with E-state index in [1.54, 1.807) is 0 Å². The Bertz CT molecular complexity index is 402. The number of nitrogens with two attached hydrogens (primary N) is 1. The van der Waals surface area contributed by atoms with Crippen LogP contribution in [0.2, 0.25) is 0 Å². The first-order valence-electron chi connectivity index (χ1n) is 3.72. The van der Waals surface area contributed by atoms with Gasteiger partial charge in [-0.2, -0.15) is 5.26 Å². The Morgan fingerprint density at radius 1 is 1.77 bits per heavy atom. The zero-order chi connectivity index (χ0) is 9.84. The maximum atomic E-state index is 8.76. The first-order valence-corrected chi connectivity index (χ1v) is 4.13. The molecule has 0 aliphatic heterocycles. The standard InChI is InChI=1S/C7H9N5S/c1-2-10-5-4(3-8)6(13)12-7(9)11-5/h2H2,1H3,(H4,9,10,11,12,13). The van der Waals surface area contributed by atoms with Gasteiger partial charge in [-0.3, -0.25) is 0 Å². The highest BCUT2D eigenvalue weighted by molar-refractivity contribution is 7.71. The fourth-order valence-corrected chi connectivity index (χ4v) is 1.15. The molecule has 0 atom stereocenters. The minimum atomic E-state index is 0.208. The summed E-state index contributed by atoms with van der Waals surface area (Å²) in [5.74, 6) is 0.738. The van der Waals surface area contributed by atoms with E-state index in [2.05, 4.69) is 15.3 Å². The summed E-state index contributed by atoms with van der Waals surface area (Å²) >= 11 is 4.87. The predicted molar refractivity (Wildman–Crippen MR) is 52.7 cm³/mol. The first-order chi connectivity index (χ1) is 6.19. The average molecular weight is 195 g/mol. The molecule has 4 N–H and O–H groups in total. The van der Waals surface area contributed by atoms with E-state index >= 15 is 0 Å². The molecule has 1 aromatic heterocycles. The molecule has 0 saturated carbocycles. The maximum Gasteiger partial charge on any atom is 0.200 e. The summed E-state index contributed by atoms with van der Waals surface area (Å²) in [7, 11) is 0. The molecule has 13 heavy (non-hydrogen) atoms. The van der Waals surface area contributed by atoms with E-state index in [1.807, 2.05) is 13.0 Å². The molecule has 0 spiro atoms. The maximum absolute atomic E-state index is 8.76. The third kappa shape index (κ3) is 1.95. The predicted octanol–water partition coefficient (Wildman–Crippen LogP) is 1.02. The van der Waals surface area contributed by atoms with Crippen LogP contribution < -0.4 is 11.1 Å². The summed E-state index contributed by atoms with van der Waals surface area (Å²) in [5, 5.41) is 11.7. The van der Waals surface area contributed by atoms with Crippen molar-refractivity contribution in [3.63, 3.8) is 0 Å². The number of H-pyrrole nitrogens is 1. The molecule has 1 aromatic rings. The zero-order valence-corrected chi connectivity index (χ0v) is 7.90. The fourth-order valence-electron chi connectivity index (χ4n) is 0.904. The molecule has 0 radical (unpaired) electrons. The van der Waals surface area contributed by atoms with E-state index < -0.39 is 0 Å². The third-order valence-electron chi connectivity index (χ3n) is 1.40. The van der Waals surface area contributed by atoms with E-state index in [0.29, 0.717) is 17.9 Å². The molecule has 0 saturated heterocycles. The van der Waals surface area contributed by atoms with E-state index in [-0.39, 0.29) is 10.6 Å². The van der Waals surface area contributed by atoms with Gasteiger partial charge in [0.1, 0.15) is 17.5 Å². The van der Waals surface area contributed by atoms with Crippen molar-refractivity contribution in [1.82, 2.24) is 9.97 Å². The lowest BCUT2D eigenvalue weighted by Gasteiger charge is -2.05. The highest BCUT2D eigenvalue weighted by Gasteiger charge is 2.05. The van der Waals surface area contributed by atoms with Crippen LogP contribution in [0.5, 0.6) is 0 Å². The topological polar surface area (TPSA) is 90.5 Å². The van der Waals surface area contributed by atoms with E-state index in [0.717, 1.165) is 0 Å². The highest BCUT2D eigenvalue weighted by Crippen LogP contribution is 2.12. The normalized spacial score (nSPS) is 9.23. The lowest BCUT2D eigenvalue weighted by Crippen LogP contribution is -2.06. The molecule has 0 aliphatic rings. The molecule has 0 unspecified atom stereocenters. The van der Waals surface area contributed by atoms with Crippen LogP contribution in [0, 0.1) is 16.0 Å². The number of nitrogens with zero attached hydrogens (tertiary/aromatic N) is 2. The lowest BCUT2D eigenvalue weighted by molar-refractivity contribution is 1.10. The summed E-state index contributed by atoms with van der Waals surface area (Å²) < 4.78 is 0.217. The highest BCUT2D eigenvalue weighted by atomic mass is 32.1. The van der Waals surface area contributed by atoms with Gasteiger partial charge in [-0.15, -0.1) is 0 Å². The molecule has 0 aliphatic carbocycles. The van der Waals surface area contributed by atoms with Gasteiger partial charge in [0.25, 0.3) is 0 Å². The molecule has 0 aromatic carbocycles. The molecule has 5 nitrogen and oxygen atoms in total. The van der Waals surface area contributed by atoms with Crippen LogP contribution >= 0.6 is 12.2 Å². The molecule has 0 bridgehead atoms. The summed E-state index contributed by atoms with van der Waals surface area (Å²) in [6.07, 6.45) is 0. The van der Waals surface area contributed by atoms with Gasteiger partial charge in [-0.25, -0.2) is 4.98 Å². The van der Waals surface area contributed by atoms with Crippen LogP contribution in [0.3, 0.4) is 0 Å². The minimum absolute atomic E-state index is 0.208. The summed E-state index contributed by atoms with van der Waals surface area (Å²) in [5.41, 5.74) is 5.76. The number of hydrogen-bond acceptors (Lipinski definition) is 5. The molecule has 68 valence electrons. The second-order valence-electron chi connectivity index (χ2n) is 2.32. The van der Waals surface area contributed by atoms with Gasteiger partial charge in [0.2, 0.25) is 0 Å². The quantitative estimate of drug-likeness (QED) is 0.613. The number of rotatable bonds is 2. The van der Waals surface area contributed by atoms with E-state index in [9.17, 15) is 0 Å².